The number of aromatic nitrogens is 1. The Morgan fingerprint density at radius 1 is 1.24 bits per heavy atom. The second kappa shape index (κ2) is 6.87. The first-order chi connectivity index (χ1) is 10.0. The fourth-order valence-corrected chi connectivity index (χ4v) is 2.33. The molecule has 1 aromatic carbocycles. The highest BCUT2D eigenvalue weighted by Gasteiger charge is 2.21. The molecule has 0 bridgehead atoms. The average molecular weight is 288 g/mol. The zero-order valence-electron chi connectivity index (χ0n) is 13.3. The largest absolute Gasteiger partial charge is 0.443 e. The minimum absolute atomic E-state index is 0.0597. The Morgan fingerprint density at radius 2 is 2.00 bits per heavy atom. The van der Waals surface area contributed by atoms with Gasteiger partial charge < -0.3 is 14.5 Å². The Labute approximate surface area is 126 Å². The molecule has 0 atom stereocenters. The summed E-state index contributed by atoms with van der Waals surface area (Å²) in [5.74, 6) is 0.852. The molecule has 4 heteroatoms. The maximum atomic E-state index is 5.66. The average Bonchev–Trinajstić information content (AvgIpc) is 2.91. The summed E-state index contributed by atoms with van der Waals surface area (Å²) in [6.45, 7) is 8.78. The van der Waals surface area contributed by atoms with Crippen molar-refractivity contribution < 1.29 is 9.15 Å². The number of ether oxygens (including phenoxy) is 1. The molecule has 0 aliphatic rings. The molecule has 0 aliphatic carbocycles. The lowest BCUT2D eigenvalue weighted by Gasteiger charge is -2.22. The van der Waals surface area contributed by atoms with Gasteiger partial charge in [0.25, 0.3) is 0 Å². The fraction of sp³-hybridized carbons (Fsp3) is 0.471. The van der Waals surface area contributed by atoms with Crippen molar-refractivity contribution in [3.63, 3.8) is 0 Å². The first-order valence-electron chi connectivity index (χ1n) is 7.26. The number of methoxy groups -OCH3 is 1. The summed E-state index contributed by atoms with van der Waals surface area (Å²) in [5, 5.41) is 3.31. The first-order valence-corrected chi connectivity index (χ1v) is 7.26. The third-order valence-corrected chi connectivity index (χ3v) is 3.40. The summed E-state index contributed by atoms with van der Waals surface area (Å²) >= 11 is 0. The van der Waals surface area contributed by atoms with Gasteiger partial charge in [0.2, 0.25) is 0 Å². The molecule has 0 fully saturated rings. The second-order valence-electron chi connectivity index (χ2n) is 6.09. The number of rotatable bonds is 6. The molecule has 114 valence electrons. The quantitative estimate of drug-likeness (QED) is 0.828. The molecule has 0 amide bonds. The monoisotopic (exact) mass is 288 g/mol. The van der Waals surface area contributed by atoms with E-state index >= 15 is 0 Å². The van der Waals surface area contributed by atoms with Gasteiger partial charge in [-0.2, -0.15) is 0 Å². The van der Waals surface area contributed by atoms with E-state index < -0.39 is 0 Å². The lowest BCUT2D eigenvalue weighted by Crippen LogP contribution is -2.19. The Hall–Kier alpha value is -1.65. The topological polar surface area (TPSA) is 47.3 Å². The Kier molecular flexibility index (Phi) is 5.15. The van der Waals surface area contributed by atoms with E-state index in [1.54, 1.807) is 7.11 Å². The summed E-state index contributed by atoms with van der Waals surface area (Å²) in [7, 11) is 1.70. The Balaban J connectivity index is 2.25. The predicted octanol–water partition coefficient (Wildman–Crippen LogP) is 3.38. The summed E-state index contributed by atoms with van der Waals surface area (Å²) in [4.78, 5) is 4.34. The third-order valence-electron chi connectivity index (χ3n) is 3.40. The van der Waals surface area contributed by atoms with Gasteiger partial charge in [-0.05, 0) is 11.0 Å². The molecular formula is C17H24N2O2. The molecule has 0 saturated heterocycles. The van der Waals surface area contributed by atoms with Gasteiger partial charge >= 0.3 is 0 Å². The summed E-state index contributed by atoms with van der Waals surface area (Å²) in [6, 6.07) is 8.35. The molecule has 1 aromatic heterocycles. The zero-order valence-corrected chi connectivity index (χ0v) is 13.3. The third kappa shape index (κ3) is 3.93. The van der Waals surface area contributed by atoms with Gasteiger partial charge in [-0.25, -0.2) is 4.98 Å². The molecule has 0 spiro atoms. The normalized spacial score (nSPS) is 11.8. The van der Waals surface area contributed by atoms with E-state index in [-0.39, 0.29) is 5.41 Å². The summed E-state index contributed by atoms with van der Waals surface area (Å²) in [5.41, 5.74) is 3.37. The van der Waals surface area contributed by atoms with Crippen LogP contribution in [0, 0.1) is 0 Å². The van der Waals surface area contributed by atoms with Crippen LogP contribution in [0.25, 0.3) is 11.3 Å². The van der Waals surface area contributed by atoms with Gasteiger partial charge in [0, 0.05) is 25.8 Å². The van der Waals surface area contributed by atoms with Gasteiger partial charge in [0.15, 0.2) is 12.2 Å². The molecule has 0 unspecified atom stereocenters. The van der Waals surface area contributed by atoms with Crippen LogP contribution >= 0.6 is 0 Å². The van der Waals surface area contributed by atoms with Crippen LogP contribution in [0.4, 0.5) is 0 Å². The molecule has 21 heavy (non-hydrogen) atoms. The van der Waals surface area contributed by atoms with E-state index in [2.05, 4.69) is 49.3 Å². The van der Waals surface area contributed by atoms with Crippen molar-refractivity contribution in [3.05, 3.63) is 41.9 Å². The molecule has 2 rings (SSSR count). The minimum Gasteiger partial charge on any atom is -0.443 e. The van der Waals surface area contributed by atoms with Gasteiger partial charge in [-0.1, -0.05) is 45.0 Å². The number of benzene rings is 1. The van der Waals surface area contributed by atoms with Crippen LogP contribution in [0.1, 0.15) is 32.0 Å². The van der Waals surface area contributed by atoms with Crippen molar-refractivity contribution in [3.8, 4) is 11.3 Å². The molecule has 0 radical (unpaired) electrons. The standard InChI is InChI=1S/C17H24N2O2/c1-17(2,3)14-8-6-5-7-13(14)16-15(19-12-21-16)11-18-9-10-20-4/h5-8,12,18H,9-11H2,1-4H3. The second-order valence-corrected chi connectivity index (χ2v) is 6.09. The molecule has 0 saturated carbocycles. The lowest BCUT2D eigenvalue weighted by molar-refractivity contribution is 0.199. The van der Waals surface area contributed by atoms with E-state index in [1.165, 1.54) is 12.0 Å². The smallest absolute Gasteiger partial charge is 0.181 e. The number of oxazole rings is 1. The highest BCUT2D eigenvalue weighted by molar-refractivity contribution is 5.65. The highest BCUT2D eigenvalue weighted by atomic mass is 16.5. The van der Waals surface area contributed by atoms with Crippen LogP contribution in [0.3, 0.4) is 0 Å². The van der Waals surface area contributed by atoms with Crippen molar-refractivity contribution in [2.75, 3.05) is 20.3 Å². The Morgan fingerprint density at radius 3 is 2.71 bits per heavy atom. The predicted molar refractivity (Wildman–Crippen MR) is 84.2 cm³/mol. The van der Waals surface area contributed by atoms with Gasteiger partial charge in [-0.15, -0.1) is 0 Å². The van der Waals surface area contributed by atoms with Crippen LogP contribution in [0.15, 0.2) is 35.1 Å². The van der Waals surface area contributed by atoms with Gasteiger partial charge in [0.05, 0.1) is 6.61 Å². The van der Waals surface area contributed by atoms with Crippen molar-refractivity contribution >= 4 is 0 Å². The van der Waals surface area contributed by atoms with E-state index in [4.69, 9.17) is 9.15 Å². The van der Waals surface area contributed by atoms with Crippen LogP contribution in [0.2, 0.25) is 0 Å². The van der Waals surface area contributed by atoms with E-state index in [9.17, 15) is 0 Å². The molecule has 1 heterocycles. The molecule has 1 N–H and O–H groups in total. The molecular weight excluding hydrogens is 264 g/mol. The molecule has 2 aromatic rings. The SMILES string of the molecule is COCCNCc1ncoc1-c1ccccc1C(C)(C)C. The van der Waals surface area contributed by atoms with E-state index in [0.29, 0.717) is 13.2 Å². The van der Waals surface area contributed by atoms with Crippen LogP contribution in [0.5, 0.6) is 0 Å². The Bertz CT molecular complexity index is 570. The van der Waals surface area contributed by atoms with Crippen LogP contribution < -0.4 is 5.32 Å². The minimum atomic E-state index is 0.0597. The summed E-state index contributed by atoms with van der Waals surface area (Å²) in [6.07, 6.45) is 1.52. The van der Waals surface area contributed by atoms with Gasteiger partial charge in [-0.3, -0.25) is 0 Å². The number of hydrogen-bond acceptors (Lipinski definition) is 4. The van der Waals surface area contributed by atoms with Crippen molar-refractivity contribution in [1.29, 1.82) is 0 Å². The highest BCUT2D eigenvalue weighted by Crippen LogP contribution is 2.34. The number of nitrogens with zero attached hydrogens (tertiary/aromatic N) is 1. The zero-order chi connectivity index (χ0) is 15.3. The van der Waals surface area contributed by atoms with Crippen LogP contribution in [-0.2, 0) is 16.7 Å². The number of nitrogens with one attached hydrogen (secondary N) is 1. The van der Waals surface area contributed by atoms with Crippen molar-refractivity contribution in [2.45, 2.75) is 32.7 Å². The van der Waals surface area contributed by atoms with Crippen LogP contribution in [-0.4, -0.2) is 25.2 Å². The maximum Gasteiger partial charge on any atom is 0.181 e. The van der Waals surface area contributed by atoms with E-state index in [0.717, 1.165) is 23.6 Å². The fourth-order valence-electron chi connectivity index (χ4n) is 2.33. The first kappa shape index (κ1) is 15.7. The van der Waals surface area contributed by atoms with Gasteiger partial charge in [0.1, 0.15) is 5.69 Å². The van der Waals surface area contributed by atoms with E-state index in [1.807, 2.05) is 6.07 Å². The number of hydrogen-bond donors (Lipinski definition) is 1. The molecule has 0 aliphatic heterocycles. The van der Waals surface area contributed by atoms with Crippen molar-refractivity contribution in [1.82, 2.24) is 10.3 Å². The summed E-state index contributed by atoms with van der Waals surface area (Å²) < 4.78 is 10.7. The molecule has 4 nitrogen and oxygen atoms in total. The lowest BCUT2D eigenvalue weighted by atomic mass is 9.83. The van der Waals surface area contributed by atoms with Crippen molar-refractivity contribution in [2.24, 2.45) is 0 Å². The maximum absolute atomic E-state index is 5.66.